The molecule has 4 N–H and O–H groups in total. The van der Waals surface area contributed by atoms with Crippen LogP contribution in [0.25, 0.3) is 0 Å². The number of allylic oxidation sites excluding steroid dienone is 14. The largest absolute Gasteiger partial charge is 0.480 e. The summed E-state index contributed by atoms with van der Waals surface area (Å²) in [7, 11) is -4.76. The van der Waals surface area contributed by atoms with Gasteiger partial charge in [-0.3, -0.25) is 28.2 Å². The molecular formula is C46H74NO11P. The van der Waals surface area contributed by atoms with Crippen molar-refractivity contribution in [2.45, 2.75) is 161 Å². The molecule has 0 aromatic heterocycles. The zero-order chi connectivity index (χ0) is 43.7. The summed E-state index contributed by atoms with van der Waals surface area (Å²) in [5.41, 5.74) is 5.32. The van der Waals surface area contributed by atoms with Gasteiger partial charge < -0.3 is 25.2 Å². The van der Waals surface area contributed by atoms with Gasteiger partial charge in [0.05, 0.1) is 13.2 Å². The highest BCUT2D eigenvalue weighted by Crippen LogP contribution is 2.43. The third-order valence-corrected chi connectivity index (χ3v) is 9.56. The topological polar surface area (TPSA) is 189 Å². The summed E-state index contributed by atoms with van der Waals surface area (Å²) in [5, 5.41) is 8.88. The van der Waals surface area contributed by atoms with Gasteiger partial charge in [0.2, 0.25) is 0 Å². The molecule has 0 bridgehead atoms. The third kappa shape index (κ3) is 39.6. The van der Waals surface area contributed by atoms with E-state index >= 15 is 0 Å². The Morgan fingerprint density at radius 2 is 1.08 bits per heavy atom. The first-order valence-electron chi connectivity index (χ1n) is 21.6. The number of esters is 2. The van der Waals surface area contributed by atoms with E-state index in [2.05, 4.69) is 67.0 Å². The Hall–Kier alpha value is -3.67. The average molecular weight is 848 g/mol. The highest BCUT2D eigenvalue weighted by Gasteiger charge is 2.28. The smallest absolute Gasteiger partial charge is 0.472 e. The van der Waals surface area contributed by atoms with Crippen LogP contribution >= 0.6 is 7.82 Å². The summed E-state index contributed by atoms with van der Waals surface area (Å²) in [6.07, 6.45) is 45.0. The number of ketones is 1. The monoisotopic (exact) mass is 847 g/mol. The molecule has 3 atom stereocenters. The van der Waals surface area contributed by atoms with Gasteiger partial charge >= 0.3 is 25.7 Å². The molecule has 1 unspecified atom stereocenters. The van der Waals surface area contributed by atoms with Crippen molar-refractivity contribution in [3.63, 3.8) is 0 Å². The van der Waals surface area contributed by atoms with E-state index in [1.807, 2.05) is 24.3 Å². The minimum absolute atomic E-state index is 0.0760. The van der Waals surface area contributed by atoms with E-state index < -0.39 is 57.7 Å². The number of unbranched alkanes of at least 4 members (excludes halogenated alkanes) is 10. The number of hydrogen-bond acceptors (Lipinski definition) is 10. The van der Waals surface area contributed by atoms with Crippen LogP contribution in [0.4, 0.5) is 0 Å². The van der Waals surface area contributed by atoms with Gasteiger partial charge in [0.25, 0.3) is 0 Å². The van der Waals surface area contributed by atoms with Gasteiger partial charge in [0.1, 0.15) is 12.6 Å². The van der Waals surface area contributed by atoms with Crippen molar-refractivity contribution in [1.29, 1.82) is 0 Å². The van der Waals surface area contributed by atoms with E-state index in [9.17, 15) is 28.6 Å². The first-order valence-corrected chi connectivity index (χ1v) is 23.1. The fourth-order valence-corrected chi connectivity index (χ4v) is 5.92. The number of aliphatic carboxylic acids is 1. The molecule has 0 heterocycles. The van der Waals surface area contributed by atoms with Crippen LogP contribution in [0.5, 0.6) is 0 Å². The lowest BCUT2D eigenvalue weighted by molar-refractivity contribution is -0.161. The number of phosphoric ester groups is 1. The second-order valence-electron chi connectivity index (χ2n) is 14.2. The van der Waals surface area contributed by atoms with Gasteiger partial charge in [-0.2, -0.15) is 0 Å². The molecule has 0 aromatic carbocycles. The Morgan fingerprint density at radius 1 is 0.576 bits per heavy atom. The molecule has 0 aliphatic carbocycles. The van der Waals surface area contributed by atoms with Crippen LogP contribution in [-0.4, -0.2) is 65.7 Å². The molecule has 334 valence electrons. The summed E-state index contributed by atoms with van der Waals surface area (Å²) in [4.78, 5) is 57.6. The zero-order valence-electron chi connectivity index (χ0n) is 35.8. The molecule has 0 rings (SSSR count). The van der Waals surface area contributed by atoms with Gasteiger partial charge in [-0.15, -0.1) is 0 Å². The lowest BCUT2D eigenvalue weighted by Gasteiger charge is -2.20. The molecule has 0 saturated carbocycles. The maximum absolute atomic E-state index is 12.6. The number of carbonyl (C=O) groups is 4. The summed E-state index contributed by atoms with van der Waals surface area (Å²) in [5.74, 6) is -2.42. The van der Waals surface area contributed by atoms with Crippen LogP contribution in [0.3, 0.4) is 0 Å². The van der Waals surface area contributed by atoms with Gasteiger partial charge in [-0.1, -0.05) is 138 Å². The highest BCUT2D eigenvalue weighted by molar-refractivity contribution is 7.47. The summed E-state index contributed by atoms with van der Waals surface area (Å²) in [6, 6.07) is -1.55. The van der Waals surface area contributed by atoms with Crippen molar-refractivity contribution >= 4 is 31.5 Å². The summed E-state index contributed by atoms with van der Waals surface area (Å²) in [6.45, 7) is 2.48. The Morgan fingerprint density at radius 3 is 1.71 bits per heavy atom. The number of carbonyl (C=O) groups excluding carboxylic acids is 3. The van der Waals surface area contributed by atoms with Crippen LogP contribution in [0.15, 0.2) is 85.1 Å². The van der Waals surface area contributed by atoms with E-state index in [4.69, 9.17) is 24.8 Å². The van der Waals surface area contributed by atoms with E-state index in [0.29, 0.717) is 19.3 Å². The Bertz CT molecular complexity index is 1380. The fraction of sp³-hybridized carbons (Fsp3) is 0.609. The Balaban J connectivity index is 4.57. The second kappa shape index (κ2) is 39.8. The van der Waals surface area contributed by atoms with E-state index in [-0.39, 0.29) is 18.6 Å². The zero-order valence-corrected chi connectivity index (χ0v) is 36.7. The minimum atomic E-state index is -4.76. The SMILES string of the molecule is CCCCC/C=C\C/C=C\C/C=C\C/C=C\C/C=C\CCC(=O)OC[C@H](COP(=O)(O)OC[C@H](N)C(=O)O)OC(=O)CCCCCCC/C=C\C=C\C(=O)CCCCC. The van der Waals surface area contributed by atoms with Crippen molar-refractivity contribution in [1.82, 2.24) is 0 Å². The number of rotatable bonds is 39. The number of carboxylic acid groups (broad SMARTS) is 1. The van der Waals surface area contributed by atoms with E-state index in [1.54, 1.807) is 12.2 Å². The number of nitrogens with two attached hydrogens (primary N) is 1. The molecule has 0 spiro atoms. The highest BCUT2D eigenvalue weighted by atomic mass is 31.2. The molecule has 0 amide bonds. The van der Waals surface area contributed by atoms with E-state index in [1.165, 1.54) is 19.3 Å². The van der Waals surface area contributed by atoms with Crippen molar-refractivity contribution in [3.8, 4) is 0 Å². The Labute approximate surface area is 354 Å². The van der Waals surface area contributed by atoms with E-state index in [0.717, 1.165) is 83.5 Å². The third-order valence-electron chi connectivity index (χ3n) is 8.61. The quantitative estimate of drug-likeness (QED) is 0.0133. The number of hydrogen-bond donors (Lipinski definition) is 3. The normalized spacial score (nSPS) is 14.4. The van der Waals surface area contributed by atoms with Crippen LogP contribution < -0.4 is 5.73 Å². The van der Waals surface area contributed by atoms with Crippen molar-refractivity contribution in [3.05, 3.63) is 85.1 Å². The predicted octanol–water partition coefficient (Wildman–Crippen LogP) is 10.7. The first-order chi connectivity index (χ1) is 28.5. The molecule has 0 aliphatic heterocycles. The Kier molecular flexibility index (Phi) is 37.3. The second-order valence-corrected chi connectivity index (χ2v) is 15.6. The molecule has 59 heavy (non-hydrogen) atoms. The van der Waals surface area contributed by atoms with Gasteiger partial charge in [-0.25, -0.2) is 4.57 Å². The molecule has 12 nitrogen and oxygen atoms in total. The lowest BCUT2D eigenvalue weighted by Crippen LogP contribution is -2.34. The molecular weight excluding hydrogens is 773 g/mol. The summed E-state index contributed by atoms with van der Waals surface area (Å²) >= 11 is 0. The van der Waals surface area contributed by atoms with Crippen molar-refractivity contribution in [2.24, 2.45) is 5.73 Å². The van der Waals surface area contributed by atoms with Gasteiger partial charge in [0, 0.05) is 19.3 Å². The standard InChI is InChI=1S/C46H74NO11P/c1-3-5-7-8-9-10-11-12-13-14-15-16-17-18-19-22-25-28-32-36-44(49)55-38-42(39-56-59(53,54)57-40-43(47)46(51)52)58-45(50)37-33-29-26-23-20-21-24-27-31-35-41(48)34-30-6-4-2/h9-10,12-13,15-16,18-19,24-25,27-28,31,35,42-43H,3-8,11,14,17,20-23,26,29-30,32-34,36-40,47H2,1-2H3,(H,51,52)(H,53,54)/b10-9-,13-12-,16-15-,19-18-,27-24-,28-25-,35-31+/t42-,43+/m1/s1. The minimum Gasteiger partial charge on any atom is -0.480 e. The van der Waals surface area contributed by atoms with Crippen LogP contribution in [0, 0.1) is 0 Å². The average Bonchev–Trinajstić information content (AvgIpc) is 3.20. The fourth-order valence-electron chi connectivity index (χ4n) is 5.14. The van der Waals surface area contributed by atoms with Gasteiger partial charge in [0.15, 0.2) is 11.9 Å². The molecule has 0 aromatic rings. The molecule has 13 heteroatoms. The number of carboxylic acids is 1. The van der Waals surface area contributed by atoms with Gasteiger partial charge in [-0.05, 0) is 76.7 Å². The maximum Gasteiger partial charge on any atom is 0.472 e. The predicted molar refractivity (Wildman–Crippen MR) is 235 cm³/mol. The molecule has 0 aliphatic rings. The number of phosphoric acid groups is 1. The van der Waals surface area contributed by atoms with Crippen LogP contribution in [0.2, 0.25) is 0 Å². The lowest BCUT2D eigenvalue weighted by atomic mass is 10.1. The molecule has 0 saturated heterocycles. The van der Waals surface area contributed by atoms with Crippen molar-refractivity contribution in [2.75, 3.05) is 19.8 Å². The first kappa shape index (κ1) is 55.3. The van der Waals surface area contributed by atoms with Crippen LogP contribution in [0.1, 0.15) is 149 Å². The van der Waals surface area contributed by atoms with Crippen LogP contribution in [-0.2, 0) is 42.3 Å². The molecule has 0 radical (unpaired) electrons. The van der Waals surface area contributed by atoms with Crippen molar-refractivity contribution < 1.29 is 52.3 Å². The molecule has 0 fully saturated rings. The summed E-state index contributed by atoms with van der Waals surface area (Å²) < 4.78 is 32.5. The number of ether oxygens (including phenoxy) is 2. The maximum atomic E-state index is 12.6.